The van der Waals surface area contributed by atoms with Crippen molar-refractivity contribution in [2.75, 3.05) is 5.32 Å². The van der Waals surface area contributed by atoms with Crippen LogP contribution in [-0.2, 0) is 11.3 Å². The van der Waals surface area contributed by atoms with E-state index >= 15 is 0 Å². The van der Waals surface area contributed by atoms with Crippen molar-refractivity contribution in [3.63, 3.8) is 0 Å². The third kappa shape index (κ3) is 3.77. The third-order valence-electron chi connectivity index (χ3n) is 2.03. The van der Waals surface area contributed by atoms with E-state index in [-0.39, 0.29) is 5.91 Å². The van der Waals surface area contributed by atoms with E-state index in [0.717, 1.165) is 3.57 Å². The molecule has 0 aliphatic carbocycles. The Morgan fingerprint density at radius 1 is 1.47 bits per heavy atom. The van der Waals surface area contributed by atoms with Gasteiger partial charge < -0.3 is 5.32 Å². The molecule has 1 amide bonds. The minimum atomic E-state index is -0.0887. The molecule has 0 fully saturated rings. The number of hydrogen-bond acceptors (Lipinski definition) is 4. The summed E-state index contributed by atoms with van der Waals surface area (Å²) in [5, 5.41) is 6.63. The lowest BCUT2D eigenvalue weighted by Gasteiger charge is -2.04. The van der Waals surface area contributed by atoms with Crippen molar-refractivity contribution in [1.82, 2.24) is 19.7 Å². The van der Waals surface area contributed by atoms with Crippen molar-refractivity contribution < 1.29 is 4.79 Å². The maximum atomic E-state index is 11.6. The summed E-state index contributed by atoms with van der Waals surface area (Å²) < 4.78 is 2.64. The number of carbonyl (C=O) groups is 1. The Labute approximate surface area is 112 Å². The molecule has 0 unspecified atom stereocenters. The standard InChI is InChI=1S/C10H10IN5O/c11-8-1-2-9(13-5-8)15-10(17)3-4-16-7-12-6-14-16/h1-2,5-7H,3-4H2,(H,13,15,17). The van der Waals surface area contributed by atoms with Gasteiger partial charge in [0.1, 0.15) is 18.5 Å². The summed E-state index contributed by atoms with van der Waals surface area (Å²) in [5.74, 6) is 0.475. The first-order valence-corrected chi connectivity index (χ1v) is 6.06. The Balaban J connectivity index is 1.83. The van der Waals surface area contributed by atoms with Crippen LogP contribution in [0.25, 0.3) is 0 Å². The van der Waals surface area contributed by atoms with E-state index in [1.807, 2.05) is 6.07 Å². The molecule has 0 aromatic carbocycles. The van der Waals surface area contributed by atoms with Gasteiger partial charge in [0.05, 0.1) is 6.54 Å². The molecule has 0 aliphatic rings. The lowest BCUT2D eigenvalue weighted by atomic mass is 10.4. The first-order chi connectivity index (χ1) is 8.24. The first kappa shape index (κ1) is 12.0. The van der Waals surface area contributed by atoms with Crippen molar-refractivity contribution in [2.45, 2.75) is 13.0 Å². The molecule has 2 rings (SSSR count). The summed E-state index contributed by atoms with van der Waals surface area (Å²) >= 11 is 2.16. The van der Waals surface area contributed by atoms with Crippen molar-refractivity contribution >= 4 is 34.3 Å². The average Bonchev–Trinajstić information content (AvgIpc) is 2.83. The van der Waals surface area contributed by atoms with Crippen molar-refractivity contribution in [1.29, 1.82) is 0 Å². The topological polar surface area (TPSA) is 72.7 Å². The van der Waals surface area contributed by atoms with Gasteiger partial charge in [-0.15, -0.1) is 0 Å². The van der Waals surface area contributed by atoms with Gasteiger partial charge in [-0.25, -0.2) is 9.97 Å². The number of carbonyl (C=O) groups excluding carboxylic acids is 1. The van der Waals surface area contributed by atoms with Crippen LogP contribution >= 0.6 is 22.6 Å². The van der Waals surface area contributed by atoms with Crippen LogP contribution in [0.2, 0.25) is 0 Å². The summed E-state index contributed by atoms with van der Waals surface area (Å²) in [4.78, 5) is 19.5. The fourth-order valence-electron chi connectivity index (χ4n) is 1.22. The zero-order valence-electron chi connectivity index (χ0n) is 8.88. The minimum Gasteiger partial charge on any atom is -0.311 e. The summed E-state index contributed by atoms with van der Waals surface area (Å²) in [5.41, 5.74) is 0. The number of hydrogen-bond donors (Lipinski definition) is 1. The van der Waals surface area contributed by atoms with E-state index in [1.165, 1.54) is 6.33 Å². The second-order valence-corrected chi connectivity index (χ2v) is 4.56. The molecule has 88 valence electrons. The zero-order valence-corrected chi connectivity index (χ0v) is 11.0. The molecule has 17 heavy (non-hydrogen) atoms. The van der Waals surface area contributed by atoms with Crippen molar-refractivity contribution in [3.05, 3.63) is 34.6 Å². The minimum absolute atomic E-state index is 0.0887. The molecular weight excluding hydrogens is 333 g/mol. The van der Waals surface area contributed by atoms with E-state index < -0.39 is 0 Å². The third-order valence-corrected chi connectivity index (χ3v) is 2.67. The highest BCUT2D eigenvalue weighted by Crippen LogP contribution is 2.07. The Bertz CT molecular complexity index is 482. The average molecular weight is 343 g/mol. The van der Waals surface area contributed by atoms with Gasteiger partial charge >= 0.3 is 0 Å². The maximum absolute atomic E-state index is 11.6. The molecule has 0 saturated heterocycles. The predicted octanol–water partition coefficient (Wildman–Crippen LogP) is 1.31. The summed E-state index contributed by atoms with van der Waals surface area (Å²) in [6.07, 6.45) is 5.07. The van der Waals surface area contributed by atoms with E-state index in [1.54, 1.807) is 23.3 Å². The first-order valence-electron chi connectivity index (χ1n) is 4.98. The number of pyridine rings is 1. The quantitative estimate of drug-likeness (QED) is 0.850. The molecule has 0 aliphatic heterocycles. The molecule has 0 bridgehead atoms. The summed E-state index contributed by atoms with van der Waals surface area (Å²) in [6, 6.07) is 3.66. The smallest absolute Gasteiger partial charge is 0.227 e. The number of rotatable bonds is 4. The van der Waals surface area contributed by atoms with E-state index in [2.05, 4.69) is 43.0 Å². The second-order valence-electron chi connectivity index (χ2n) is 3.32. The van der Waals surface area contributed by atoms with Gasteiger partial charge in [0.15, 0.2) is 0 Å². The van der Waals surface area contributed by atoms with Crippen LogP contribution in [0.1, 0.15) is 6.42 Å². The summed E-state index contributed by atoms with van der Waals surface area (Å²) in [7, 11) is 0. The second kappa shape index (κ2) is 5.71. The number of aromatic nitrogens is 4. The van der Waals surface area contributed by atoms with E-state index in [9.17, 15) is 4.79 Å². The number of anilines is 1. The van der Waals surface area contributed by atoms with Gasteiger partial charge in [0, 0.05) is 16.2 Å². The molecule has 0 radical (unpaired) electrons. The molecule has 7 heteroatoms. The van der Waals surface area contributed by atoms with Crippen LogP contribution in [-0.4, -0.2) is 25.7 Å². The van der Waals surface area contributed by atoms with Crippen LogP contribution < -0.4 is 5.32 Å². The van der Waals surface area contributed by atoms with Crippen molar-refractivity contribution in [3.8, 4) is 0 Å². The molecule has 1 N–H and O–H groups in total. The van der Waals surface area contributed by atoms with Crippen molar-refractivity contribution in [2.24, 2.45) is 0 Å². The number of nitrogens with zero attached hydrogens (tertiary/aromatic N) is 4. The fraction of sp³-hybridized carbons (Fsp3) is 0.200. The monoisotopic (exact) mass is 343 g/mol. The fourth-order valence-corrected chi connectivity index (χ4v) is 1.54. The molecule has 0 atom stereocenters. The maximum Gasteiger partial charge on any atom is 0.227 e. The van der Waals surface area contributed by atoms with Crippen LogP contribution in [0.5, 0.6) is 0 Å². The zero-order chi connectivity index (χ0) is 12.1. The van der Waals surface area contributed by atoms with Gasteiger partial charge in [-0.1, -0.05) is 0 Å². The largest absolute Gasteiger partial charge is 0.311 e. The van der Waals surface area contributed by atoms with Gasteiger partial charge in [-0.05, 0) is 34.7 Å². The molecule has 2 aromatic rings. The highest BCUT2D eigenvalue weighted by Gasteiger charge is 2.03. The number of aryl methyl sites for hydroxylation is 1. The predicted molar refractivity (Wildman–Crippen MR) is 70.2 cm³/mol. The van der Waals surface area contributed by atoms with Crippen LogP contribution in [0, 0.1) is 3.57 Å². The number of nitrogens with one attached hydrogen (secondary N) is 1. The Hall–Kier alpha value is -1.51. The number of amides is 1. The lowest BCUT2D eigenvalue weighted by Crippen LogP contribution is -2.15. The van der Waals surface area contributed by atoms with Gasteiger partial charge in [0.25, 0.3) is 0 Å². The van der Waals surface area contributed by atoms with Gasteiger partial charge in [0.2, 0.25) is 5.91 Å². The van der Waals surface area contributed by atoms with Crippen LogP contribution in [0.3, 0.4) is 0 Å². The van der Waals surface area contributed by atoms with Crippen LogP contribution in [0.4, 0.5) is 5.82 Å². The molecule has 2 heterocycles. The van der Waals surface area contributed by atoms with Crippen LogP contribution in [0.15, 0.2) is 31.0 Å². The Morgan fingerprint density at radius 3 is 3.00 bits per heavy atom. The SMILES string of the molecule is O=C(CCn1cncn1)Nc1ccc(I)cn1. The highest BCUT2D eigenvalue weighted by atomic mass is 127. The molecule has 0 saturated carbocycles. The molecular formula is C10H10IN5O. The summed E-state index contributed by atoms with van der Waals surface area (Å²) in [6.45, 7) is 0.510. The number of halogens is 1. The Morgan fingerprint density at radius 2 is 2.35 bits per heavy atom. The van der Waals surface area contributed by atoms with E-state index in [4.69, 9.17) is 0 Å². The van der Waals surface area contributed by atoms with Gasteiger partial charge in [-0.3, -0.25) is 9.48 Å². The normalized spacial score (nSPS) is 10.2. The molecule has 2 aromatic heterocycles. The molecule has 0 spiro atoms. The van der Waals surface area contributed by atoms with Gasteiger partial charge in [-0.2, -0.15) is 5.10 Å². The van der Waals surface area contributed by atoms with E-state index in [0.29, 0.717) is 18.8 Å². The molecule has 6 nitrogen and oxygen atoms in total. The highest BCUT2D eigenvalue weighted by molar-refractivity contribution is 14.1. The Kier molecular flexibility index (Phi) is 4.02. The lowest BCUT2D eigenvalue weighted by molar-refractivity contribution is -0.116.